The second-order valence-corrected chi connectivity index (χ2v) is 3.94. The number of aromatic nitrogens is 4. The zero-order valence-electron chi connectivity index (χ0n) is 8.52. The van der Waals surface area contributed by atoms with Crippen LogP contribution in [0.3, 0.4) is 0 Å². The molecule has 0 spiro atoms. The smallest absolute Gasteiger partial charge is 0.184 e. The summed E-state index contributed by atoms with van der Waals surface area (Å²) in [5.41, 5.74) is 6.99. The molecule has 2 heterocycles. The number of rotatable bonds is 1. The van der Waals surface area contributed by atoms with Crippen molar-refractivity contribution in [1.29, 1.82) is 0 Å². The van der Waals surface area contributed by atoms with Gasteiger partial charge in [-0.3, -0.25) is 9.38 Å². The predicted molar refractivity (Wildman–Crippen MR) is 52.7 cm³/mol. The van der Waals surface area contributed by atoms with E-state index in [0.717, 1.165) is 17.2 Å². The molecule has 2 aromatic rings. The van der Waals surface area contributed by atoms with Crippen LogP contribution in [0.1, 0.15) is 25.4 Å². The fourth-order valence-electron chi connectivity index (χ4n) is 1.40. The zero-order valence-corrected chi connectivity index (χ0v) is 8.52. The Balaban J connectivity index is 2.79. The number of hydrogen-bond acceptors (Lipinski definition) is 4. The van der Waals surface area contributed by atoms with Gasteiger partial charge in [0.25, 0.3) is 0 Å². The van der Waals surface area contributed by atoms with Crippen LogP contribution < -0.4 is 5.73 Å². The van der Waals surface area contributed by atoms with E-state index in [1.165, 1.54) is 0 Å². The molecule has 0 aliphatic rings. The maximum absolute atomic E-state index is 5.99. The van der Waals surface area contributed by atoms with Gasteiger partial charge in [-0.25, -0.2) is 0 Å². The highest BCUT2D eigenvalue weighted by atomic mass is 15.3. The summed E-state index contributed by atoms with van der Waals surface area (Å²) in [6.45, 7) is 5.70. The summed E-state index contributed by atoms with van der Waals surface area (Å²) in [4.78, 5) is 4.24. The lowest BCUT2D eigenvalue weighted by atomic mass is 10.0. The van der Waals surface area contributed by atoms with Crippen LogP contribution in [0.15, 0.2) is 12.4 Å². The SMILES string of the molecule is Cc1nnc2c(C(C)(C)N)nccn12. The molecule has 0 bridgehead atoms. The van der Waals surface area contributed by atoms with Crippen molar-refractivity contribution in [3.8, 4) is 0 Å². The Hall–Kier alpha value is -1.49. The van der Waals surface area contributed by atoms with Crippen molar-refractivity contribution < 1.29 is 0 Å². The van der Waals surface area contributed by atoms with Crippen molar-refractivity contribution in [3.63, 3.8) is 0 Å². The second kappa shape index (κ2) is 2.75. The molecular formula is C9H13N5. The van der Waals surface area contributed by atoms with Gasteiger partial charge < -0.3 is 5.73 Å². The molecule has 2 rings (SSSR count). The van der Waals surface area contributed by atoms with Crippen molar-refractivity contribution in [1.82, 2.24) is 19.6 Å². The largest absolute Gasteiger partial charge is 0.320 e. The first-order valence-corrected chi connectivity index (χ1v) is 4.46. The van der Waals surface area contributed by atoms with Gasteiger partial charge in [-0.1, -0.05) is 0 Å². The minimum absolute atomic E-state index is 0.498. The molecular weight excluding hydrogens is 178 g/mol. The summed E-state index contributed by atoms with van der Waals surface area (Å²) < 4.78 is 1.89. The lowest BCUT2D eigenvalue weighted by Gasteiger charge is -2.17. The standard InChI is InChI=1S/C9H13N5/c1-6-12-13-8-7(9(2,3)10)11-4-5-14(6)8/h4-5H,10H2,1-3H3. The molecule has 0 unspecified atom stereocenters. The highest BCUT2D eigenvalue weighted by Crippen LogP contribution is 2.18. The van der Waals surface area contributed by atoms with Crippen LogP contribution >= 0.6 is 0 Å². The van der Waals surface area contributed by atoms with Gasteiger partial charge in [0.2, 0.25) is 0 Å². The summed E-state index contributed by atoms with van der Waals surface area (Å²) in [7, 11) is 0. The summed E-state index contributed by atoms with van der Waals surface area (Å²) in [5, 5.41) is 8.04. The number of nitrogens with two attached hydrogens (primary N) is 1. The summed E-state index contributed by atoms with van der Waals surface area (Å²) >= 11 is 0. The average Bonchev–Trinajstić information content (AvgIpc) is 2.46. The van der Waals surface area contributed by atoms with Gasteiger partial charge in [-0.15, -0.1) is 10.2 Å². The van der Waals surface area contributed by atoms with Gasteiger partial charge in [0.05, 0.1) is 5.54 Å². The Bertz CT molecular complexity index is 465. The third kappa shape index (κ3) is 1.26. The first-order valence-electron chi connectivity index (χ1n) is 4.46. The van der Waals surface area contributed by atoms with Crippen molar-refractivity contribution >= 4 is 5.65 Å². The summed E-state index contributed by atoms with van der Waals surface area (Å²) in [5.74, 6) is 0.841. The molecule has 0 atom stereocenters. The summed E-state index contributed by atoms with van der Waals surface area (Å²) in [6, 6.07) is 0. The monoisotopic (exact) mass is 191 g/mol. The second-order valence-electron chi connectivity index (χ2n) is 3.94. The average molecular weight is 191 g/mol. The maximum Gasteiger partial charge on any atom is 0.184 e. The van der Waals surface area contributed by atoms with Crippen molar-refractivity contribution in [2.45, 2.75) is 26.3 Å². The Morgan fingerprint density at radius 1 is 1.36 bits per heavy atom. The van der Waals surface area contributed by atoms with Crippen LogP contribution in [-0.4, -0.2) is 19.6 Å². The first kappa shape index (κ1) is 9.08. The van der Waals surface area contributed by atoms with Crippen molar-refractivity contribution in [2.75, 3.05) is 0 Å². The molecule has 0 aliphatic heterocycles. The van der Waals surface area contributed by atoms with E-state index in [9.17, 15) is 0 Å². The van der Waals surface area contributed by atoms with Crippen LogP contribution in [0.2, 0.25) is 0 Å². The molecule has 0 aromatic carbocycles. The fourth-order valence-corrected chi connectivity index (χ4v) is 1.40. The molecule has 14 heavy (non-hydrogen) atoms. The lowest BCUT2D eigenvalue weighted by Crippen LogP contribution is -2.30. The highest BCUT2D eigenvalue weighted by Gasteiger charge is 2.21. The molecule has 5 heteroatoms. The minimum atomic E-state index is -0.498. The van der Waals surface area contributed by atoms with Gasteiger partial charge in [0.15, 0.2) is 5.65 Å². The molecule has 5 nitrogen and oxygen atoms in total. The fraction of sp³-hybridized carbons (Fsp3) is 0.444. The van der Waals surface area contributed by atoms with Gasteiger partial charge >= 0.3 is 0 Å². The predicted octanol–water partition coefficient (Wildman–Crippen LogP) is 0.627. The number of fused-ring (bicyclic) bond motifs is 1. The first-order chi connectivity index (χ1) is 6.50. The van der Waals surface area contributed by atoms with E-state index in [1.54, 1.807) is 6.20 Å². The Morgan fingerprint density at radius 2 is 2.07 bits per heavy atom. The maximum atomic E-state index is 5.99. The third-order valence-corrected chi connectivity index (χ3v) is 2.11. The van der Waals surface area contributed by atoms with Crippen LogP contribution in [0.4, 0.5) is 0 Å². The number of aryl methyl sites for hydroxylation is 1. The topological polar surface area (TPSA) is 69.1 Å². The Labute approximate surface area is 82.0 Å². The Kier molecular flexibility index (Phi) is 1.78. The lowest BCUT2D eigenvalue weighted by molar-refractivity contribution is 0.536. The molecule has 2 aromatic heterocycles. The van der Waals surface area contributed by atoms with Crippen LogP contribution in [0.25, 0.3) is 5.65 Å². The molecule has 0 saturated carbocycles. The Morgan fingerprint density at radius 3 is 2.71 bits per heavy atom. The van der Waals surface area contributed by atoms with Crippen molar-refractivity contribution in [3.05, 3.63) is 23.9 Å². The van der Waals surface area contributed by atoms with E-state index in [4.69, 9.17) is 5.73 Å². The zero-order chi connectivity index (χ0) is 10.3. The van der Waals surface area contributed by atoms with E-state index >= 15 is 0 Å². The van der Waals surface area contributed by atoms with Crippen molar-refractivity contribution in [2.24, 2.45) is 5.73 Å². The molecule has 2 N–H and O–H groups in total. The minimum Gasteiger partial charge on any atom is -0.320 e. The molecule has 74 valence electrons. The number of nitrogens with zero attached hydrogens (tertiary/aromatic N) is 4. The van der Waals surface area contributed by atoms with E-state index in [1.807, 2.05) is 31.4 Å². The molecule has 0 radical (unpaired) electrons. The summed E-state index contributed by atoms with van der Waals surface area (Å²) in [6.07, 6.45) is 3.55. The van der Waals surface area contributed by atoms with Crippen LogP contribution in [-0.2, 0) is 5.54 Å². The molecule has 0 aliphatic carbocycles. The van der Waals surface area contributed by atoms with Gasteiger partial charge in [0, 0.05) is 12.4 Å². The van der Waals surface area contributed by atoms with E-state index in [-0.39, 0.29) is 0 Å². The van der Waals surface area contributed by atoms with Gasteiger partial charge in [-0.05, 0) is 20.8 Å². The molecule has 0 amide bonds. The van der Waals surface area contributed by atoms with Crippen LogP contribution in [0, 0.1) is 6.92 Å². The quantitative estimate of drug-likeness (QED) is 0.717. The highest BCUT2D eigenvalue weighted by molar-refractivity contribution is 5.46. The molecule has 0 saturated heterocycles. The molecule has 0 fully saturated rings. The van der Waals surface area contributed by atoms with Crippen LogP contribution in [0.5, 0.6) is 0 Å². The normalized spacial score (nSPS) is 12.3. The van der Waals surface area contributed by atoms with E-state index in [0.29, 0.717) is 0 Å². The number of hydrogen-bond donors (Lipinski definition) is 1. The van der Waals surface area contributed by atoms with E-state index < -0.39 is 5.54 Å². The van der Waals surface area contributed by atoms with Gasteiger partial charge in [-0.2, -0.15) is 0 Å². The third-order valence-electron chi connectivity index (χ3n) is 2.11. The van der Waals surface area contributed by atoms with Gasteiger partial charge in [0.1, 0.15) is 11.5 Å². The van der Waals surface area contributed by atoms with E-state index in [2.05, 4.69) is 15.2 Å².